The van der Waals surface area contributed by atoms with Crippen LogP contribution in [0.3, 0.4) is 0 Å². The van der Waals surface area contributed by atoms with Gasteiger partial charge in [0.2, 0.25) is 0 Å². The fraction of sp³-hybridized carbons (Fsp3) is 0.462. The topological polar surface area (TPSA) is 29.1 Å². The first kappa shape index (κ1) is 10.2. The van der Waals surface area contributed by atoms with Crippen molar-refractivity contribution in [2.24, 2.45) is 0 Å². The molecular weight excluding hydrogens is 186 g/mol. The van der Waals surface area contributed by atoms with Gasteiger partial charge in [-0.05, 0) is 43.5 Å². The zero-order chi connectivity index (χ0) is 10.8. The summed E-state index contributed by atoms with van der Waals surface area (Å²) in [6.07, 6.45) is 2.61. The largest absolute Gasteiger partial charge is 0.382 e. The second-order valence-corrected chi connectivity index (χ2v) is 4.29. The van der Waals surface area contributed by atoms with Crippen molar-refractivity contribution in [3.05, 3.63) is 29.3 Å². The molecule has 2 rings (SSSR count). The molecule has 1 atom stereocenters. The van der Waals surface area contributed by atoms with Crippen LogP contribution in [-0.4, -0.2) is 11.8 Å². The number of carbonyl (C=O) groups is 1. The summed E-state index contributed by atoms with van der Waals surface area (Å²) in [7, 11) is 0. The van der Waals surface area contributed by atoms with Crippen LogP contribution in [0.1, 0.15) is 42.6 Å². The first-order chi connectivity index (χ1) is 7.20. The van der Waals surface area contributed by atoms with Crippen LogP contribution in [0.25, 0.3) is 0 Å². The molecule has 1 aliphatic heterocycles. The number of benzene rings is 1. The SMILES string of the molecule is CCCC(=O)c1ccc2c(c1)CC(C)N2. The minimum Gasteiger partial charge on any atom is -0.382 e. The predicted molar refractivity (Wildman–Crippen MR) is 62.5 cm³/mol. The molecule has 1 unspecified atom stereocenters. The van der Waals surface area contributed by atoms with Crippen LogP contribution in [0.5, 0.6) is 0 Å². The fourth-order valence-electron chi connectivity index (χ4n) is 2.09. The van der Waals surface area contributed by atoms with E-state index in [1.807, 2.05) is 25.1 Å². The van der Waals surface area contributed by atoms with Gasteiger partial charge in [-0.15, -0.1) is 0 Å². The van der Waals surface area contributed by atoms with Crippen LogP contribution in [0.4, 0.5) is 5.69 Å². The highest BCUT2D eigenvalue weighted by Gasteiger charge is 2.17. The number of carbonyl (C=O) groups excluding carboxylic acids is 1. The molecule has 0 aliphatic carbocycles. The molecular formula is C13H17NO. The highest BCUT2D eigenvalue weighted by Crippen LogP contribution is 2.26. The van der Waals surface area contributed by atoms with Crippen molar-refractivity contribution < 1.29 is 4.79 Å². The molecule has 1 heterocycles. The standard InChI is InChI=1S/C13H17NO/c1-3-4-13(15)10-5-6-12-11(8-10)7-9(2)14-12/h5-6,8-9,14H,3-4,7H2,1-2H3. The molecule has 1 aliphatic rings. The molecule has 0 saturated heterocycles. The van der Waals surface area contributed by atoms with E-state index in [1.54, 1.807) is 0 Å². The Balaban J connectivity index is 2.23. The Labute approximate surface area is 90.7 Å². The Morgan fingerprint density at radius 3 is 3.07 bits per heavy atom. The van der Waals surface area contributed by atoms with Crippen molar-refractivity contribution in [1.82, 2.24) is 0 Å². The maximum absolute atomic E-state index is 11.7. The first-order valence-electron chi connectivity index (χ1n) is 5.63. The summed E-state index contributed by atoms with van der Waals surface area (Å²) in [5.41, 5.74) is 3.34. The summed E-state index contributed by atoms with van der Waals surface area (Å²) in [6.45, 7) is 4.20. The number of anilines is 1. The third-order valence-corrected chi connectivity index (χ3v) is 2.83. The molecule has 80 valence electrons. The van der Waals surface area contributed by atoms with Gasteiger partial charge in [-0.25, -0.2) is 0 Å². The lowest BCUT2D eigenvalue weighted by molar-refractivity contribution is 0.0981. The Morgan fingerprint density at radius 2 is 2.33 bits per heavy atom. The molecule has 2 nitrogen and oxygen atoms in total. The van der Waals surface area contributed by atoms with Crippen molar-refractivity contribution in [2.75, 3.05) is 5.32 Å². The maximum atomic E-state index is 11.7. The lowest BCUT2D eigenvalue weighted by Crippen LogP contribution is -2.08. The van der Waals surface area contributed by atoms with Crippen molar-refractivity contribution >= 4 is 11.5 Å². The number of Topliss-reactive ketones (excluding diaryl/α,β-unsaturated/α-hetero) is 1. The van der Waals surface area contributed by atoms with Gasteiger partial charge in [0.15, 0.2) is 5.78 Å². The molecule has 1 aromatic carbocycles. The predicted octanol–water partition coefficient (Wildman–Crippen LogP) is 3.03. The summed E-state index contributed by atoms with van der Waals surface area (Å²) >= 11 is 0. The van der Waals surface area contributed by atoms with Gasteiger partial charge in [-0.2, -0.15) is 0 Å². The van der Waals surface area contributed by atoms with E-state index in [4.69, 9.17) is 0 Å². The zero-order valence-corrected chi connectivity index (χ0v) is 9.34. The number of fused-ring (bicyclic) bond motifs is 1. The van der Waals surface area contributed by atoms with Gasteiger partial charge in [-0.1, -0.05) is 6.92 Å². The molecule has 0 spiro atoms. The number of hydrogen-bond acceptors (Lipinski definition) is 2. The van der Waals surface area contributed by atoms with Crippen LogP contribution < -0.4 is 5.32 Å². The van der Waals surface area contributed by atoms with E-state index in [2.05, 4.69) is 12.2 Å². The third-order valence-electron chi connectivity index (χ3n) is 2.83. The average Bonchev–Trinajstić information content (AvgIpc) is 2.57. The van der Waals surface area contributed by atoms with Gasteiger partial charge in [0.1, 0.15) is 0 Å². The van der Waals surface area contributed by atoms with Crippen molar-refractivity contribution in [3.63, 3.8) is 0 Å². The van der Waals surface area contributed by atoms with Crippen LogP contribution >= 0.6 is 0 Å². The molecule has 0 amide bonds. The number of ketones is 1. The smallest absolute Gasteiger partial charge is 0.162 e. The lowest BCUT2D eigenvalue weighted by atomic mass is 10.0. The Morgan fingerprint density at radius 1 is 1.53 bits per heavy atom. The summed E-state index contributed by atoms with van der Waals surface area (Å²) in [4.78, 5) is 11.7. The second-order valence-electron chi connectivity index (χ2n) is 4.29. The van der Waals surface area contributed by atoms with Gasteiger partial charge < -0.3 is 5.32 Å². The monoisotopic (exact) mass is 203 g/mol. The Kier molecular flexibility index (Phi) is 2.76. The average molecular weight is 203 g/mol. The summed E-state index contributed by atoms with van der Waals surface area (Å²) < 4.78 is 0. The van der Waals surface area contributed by atoms with E-state index in [1.165, 1.54) is 11.3 Å². The Bertz CT molecular complexity index is 384. The van der Waals surface area contributed by atoms with Crippen LogP contribution in [0.15, 0.2) is 18.2 Å². The molecule has 0 aromatic heterocycles. The van der Waals surface area contributed by atoms with Gasteiger partial charge >= 0.3 is 0 Å². The number of rotatable bonds is 3. The van der Waals surface area contributed by atoms with Crippen LogP contribution in [0.2, 0.25) is 0 Å². The van der Waals surface area contributed by atoms with Crippen molar-refractivity contribution in [1.29, 1.82) is 0 Å². The van der Waals surface area contributed by atoms with Crippen molar-refractivity contribution in [2.45, 2.75) is 39.2 Å². The minimum atomic E-state index is 0.264. The Hall–Kier alpha value is -1.31. The number of hydrogen-bond donors (Lipinski definition) is 1. The lowest BCUT2D eigenvalue weighted by Gasteiger charge is -2.03. The summed E-state index contributed by atoms with van der Waals surface area (Å²) in [5, 5.41) is 3.38. The quantitative estimate of drug-likeness (QED) is 0.765. The first-order valence-corrected chi connectivity index (χ1v) is 5.63. The van der Waals surface area contributed by atoms with Crippen LogP contribution in [-0.2, 0) is 6.42 Å². The molecule has 15 heavy (non-hydrogen) atoms. The van der Waals surface area contributed by atoms with E-state index >= 15 is 0 Å². The molecule has 0 bridgehead atoms. The highest BCUT2D eigenvalue weighted by molar-refractivity contribution is 5.96. The molecule has 1 N–H and O–H groups in total. The van der Waals surface area contributed by atoms with Gasteiger partial charge in [0.05, 0.1) is 0 Å². The molecule has 0 saturated carbocycles. The fourth-order valence-corrected chi connectivity index (χ4v) is 2.09. The van der Waals surface area contributed by atoms with E-state index in [0.29, 0.717) is 12.5 Å². The van der Waals surface area contributed by atoms with E-state index < -0.39 is 0 Å². The summed E-state index contributed by atoms with van der Waals surface area (Å²) in [5.74, 6) is 0.264. The number of nitrogens with one attached hydrogen (secondary N) is 1. The normalized spacial score (nSPS) is 18.4. The summed E-state index contributed by atoms with van der Waals surface area (Å²) in [6, 6.07) is 6.50. The van der Waals surface area contributed by atoms with Crippen molar-refractivity contribution in [3.8, 4) is 0 Å². The van der Waals surface area contributed by atoms with E-state index in [9.17, 15) is 4.79 Å². The van der Waals surface area contributed by atoms with E-state index in [-0.39, 0.29) is 5.78 Å². The third kappa shape index (κ3) is 2.04. The zero-order valence-electron chi connectivity index (χ0n) is 9.34. The highest BCUT2D eigenvalue weighted by atomic mass is 16.1. The van der Waals surface area contributed by atoms with Gasteiger partial charge in [-0.3, -0.25) is 4.79 Å². The van der Waals surface area contributed by atoms with Gasteiger partial charge in [0, 0.05) is 23.7 Å². The molecule has 0 fully saturated rings. The van der Waals surface area contributed by atoms with Gasteiger partial charge in [0.25, 0.3) is 0 Å². The van der Waals surface area contributed by atoms with Crippen LogP contribution in [0, 0.1) is 0 Å². The molecule has 2 heteroatoms. The minimum absolute atomic E-state index is 0.264. The molecule has 0 radical (unpaired) electrons. The maximum Gasteiger partial charge on any atom is 0.162 e. The molecule has 1 aromatic rings. The van der Waals surface area contributed by atoms with E-state index in [0.717, 1.165) is 18.4 Å². The second kappa shape index (κ2) is 4.05.